The Labute approximate surface area is 116 Å². The predicted molar refractivity (Wildman–Crippen MR) is 77.7 cm³/mol. The van der Waals surface area contributed by atoms with Gasteiger partial charge in [0.25, 0.3) is 0 Å². The zero-order valence-electron chi connectivity index (χ0n) is 12.0. The molecule has 0 aliphatic heterocycles. The van der Waals surface area contributed by atoms with Gasteiger partial charge in [-0.2, -0.15) is 0 Å². The van der Waals surface area contributed by atoms with Gasteiger partial charge in [0.15, 0.2) is 0 Å². The summed E-state index contributed by atoms with van der Waals surface area (Å²) in [5, 5.41) is 3.04. The number of anilines is 1. The lowest BCUT2D eigenvalue weighted by atomic mass is 10.1. The molecule has 0 saturated carbocycles. The molecule has 1 heterocycles. The predicted octanol–water partition coefficient (Wildman–Crippen LogP) is 2.18. The van der Waals surface area contributed by atoms with Gasteiger partial charge in [0.05, 0.1) is 0 Å². The maximum Gasteiger partial charge on any atom is 0.244 e. The Morgan fingerprint density at radius 1 is 1.37 bits per heavy atom. The monoisotopic (exact) mass is 285 g/mol. The summed E-state index contributed by atoms with van der Waals surface area (Å²) >= 11 is 0. The average Bonchev–Trinajstić information content (AvgIpc) is 2.39. The number of nitrogens with one attached hydrogen (secondary N) is 1. The van der Waals surface area contributed by atoms with Crippen LogP contribution in [0.1, 0.15) is 27.2 Å². The molecule has 0 fully saturated rings. The molecular weight excluding hydrogens is 262 g/mol. The first-order chi connectivity index (χ1) is 8.91. The highest BCUT2D eigenvalue weighted by Gasteiger charge is 2.22. The van der Waals surface area contributed by atoms with Crippen molar-refractivity contribution in [3.05, 3.63) is 18.3 Å². The van der Waals surface area contributed by atoms with E-state index in [1.54, 1.807) is 19.2 Å². The number of sulfonamides is 1. The zero-order chi connectivity index (χ0) is 14.5. The Balaban J connectivity index is 2.87. The lowest BCUT2D eigenvalue weighted by Crippen LogP contribution is -2.31. The van der Waals surface area contributed by atoms with Crippen LogP contribution < -0.4 is 5.32 Å². The Morgan fingerprint density at radius 3 is 2.53 bits per heavy atom. The molecule has 19 heavy (non-hydrogen) atoms. The third kappa shape index (κ3) is 4.18. The van der Waals surface area contributed by atoms with E-state index < -0.39 is 10.0 Å². The molecule has 5 nitrogen and oxygen atoms in total. The van der Waals surface area contributed by atoms with Crippen LogP contribution in [0.25, 0.3) is 0 Å². The molecule has 6 heteroatoms. The fourth-order valence-corrected chi connectivity index (χ4v) is 2.90. The molecule has 0 saturated heterocycles. The van der Waals surface area contributed by atoms with E-state index in [2.05, 4.69) is 17.2 Å². The highest BCUT2D eigenvalue weighted by atomic mass is 32.2. The highest BCUT2D eigenvalue weighted by Crippen LogP contribution is 2.16. The molecular formula is C13H23N3O2S. The topological polar surface area (TPSA) is 62.3 Å². The molecule has 1 aromatic heterocycles. The number of rotatable bonds is 7. The molecule has 1 N–H and O–H groups in total. The Kier molecular flexibility index (Phi) is 5.75. The van der Waals surface area contributed by atoms with Crippen molar-refractivity contribution in [3.8, 4) is 0 Å². The van der Waals surface area contributed by atoms with Crippen LogP contribution in [0.5, 0.6) is 0 Å². The van der Waals surface area contributed by atoms with Gasteiger partial charge < -0.3 is 5.32 Å². The van der Waals surface area contributed by atoms with Gasteiger partial charge in [-0.3, -0.25) is 0 Å². The summed E-state index contributed by atoms with van der Waals surface area (Å²) in [5.41, 5.74) is 0. The van der Waals surface area contributed by atoms with Gasteiger partial charge in [-0.25, -0.2) is 17.7 Å². The maximum atomic E-state index is 12.3. The third-order valence-electron chi connectivity index (χ3n) is 3.07. The Bertz CT molecular complexity index is 485. The van der Waals surface area contributed by atoms with E-state index in [1.165, 1.54) is 10.5 Å². The van der Waals surface area contributed by atoms with Gasteiger partial charge in [-0.1, -0.05) is 20.3 Å². The molecule has 0 aliphatic carbocycles. The number of hydrogen-bond acceptors (Lipinski definition) is 4. The smallest absolute Gasteiger partial charge is 0.244 e. The fraction of sp³-hybridized carbons (Fsp3) is 0.615. The quantitative estimate of drug-likeness (QED) is 0.834. The summed E-state index contributed by atoms with van der Waals surface area (Å²) < 4.78 is 26.0. The molecule has 0 aliphatic rings. The summed E-state index contributed by atoms with van der Waals surface area (Å²) in [4.78, 5) is 4.34. The van der Waals surface area contributed by atoms with Gasteiger partial charge in [0, 0.05) is 26.3 Å². The normalized spacial score (nSPS) is 13.5. The minimum atomic E-state index is -3.43. The highest BCUT2D eigenvalue weighted by molar-refractivity contribution is 7.89. The second-order valence-electron chi connectivity index (χ2n) is 4.71. The van der Waals surface area contributed by atoms with Crippen molar-refractivity contribution >= 4 is 15.8 Å². The van der Waals surface area contributed by atoms with Crippen LogP contribution in [0.15, 0.2) is 23.2 Å². The third-order valence-corrected chi connectivity index (χ3v) is 4.88. The van der Waals surface area contributed by atoms with Crippen molar-refractivity contribution in [3.63, 3.8) is 0 Å². The minimum Gasteiger partial charge on any atom is -0.370 e. The van der Waals surface area contributed by atoms with Gasteiger partial charge in [-0.15, -0.1) is 0 Å². The van der Waals surface area contributed by atoms with Crippen LogP contribution in [0.3, 0.4) is 0 Å². The van der Waals surface area contributed by atoms with E-state index >= 15 is 0 Å². The van der Waals surface area contributed by atoms with Crippen molar-refractivity contribution in [2.75, 3.05) is 25.5 Å². The van der Waals surface area contributed by atoms with Crippen LogP contribution in [-0.2, 0) is 10.0 Å². The van der Waals surface area contributed by atoms with E-state index in [4.69, 9.17) is 0 Å². The standard InChI is InChI=1S/C13H23N3O2S/c1-5-11(3)10-16(4)19(17,18)12-7-8-13(14-6-2)15-9-12/h7-9,11H,5-6,10H2,1-4H3,(H,14,15). The molecule has 0 bridgehead atoms. The van der Waals surface area contributed by atoms with Gasteiger partial charge in [0.2, 0.25) is 10.0 Å². The van der Waals surface area contributed by atoms with E-state index in [0.717, 1.165) is 13.0 Å². The summed E-state index contributed by atoms with van der Waals surface area (Å²) in [6.07, 6.45) is 2.36. The zero-order valence-corrected chi connectivity index (χ0v) is 12.9. The molecule has 0 aromatic carbocycles. The molecule has 1 unspecified atom stereocenters. The lowest BCUT2D eigenvalue weighted by Gasteiger charge is -2.20. The summed E-state index contributed by atoms with van der Waals surface area (Å²) in [6.45, 7) is 7.34. The Hall–Kier alpha value is -1.14. The molecule has 108 valence electrons. The summed E-state index contributed by atoms with van der Waals surface area (Å²) in [7, 11) is -1.82. The SMILES string of the molecule is CCNc1ccc(S(=O)(=O)N(C)CC(C)CC)cn1. The largest absolute Gasteiger partial charge is 0.370 e. The van der Waals surface area contributed by atoms with Crippen LogP contribution in [0.2, 0.25) is 0 Å². The molecule has 1 atom stereocenters. The Morgan fingerprint density at radius 2 is 2.05 bits per heavy atom. The van der Waals surface area contributed by atoms with Crippen LogP contribution in [0, 0.1) is 5.92 Å². The van der Waals surface area contributed by atoms with Crippen molar-refractivity contribution in [2.45, 2.75) is 32.1 Å². The number of aromatic nitrogens is 1. The maximum absolute atomic E-state index is 12.3. The molecule has 0 spiro atoms. The number of hydrogen-bond donors (Lipinski definition) is 1. The van der Waals surface area contributed by atoms with E-state index in [9.17, 15) is 8.42 Å². The first kappa shape index (κ1) is 15.9. The molecule has 1 aromatic rings. The summed E-state index contributed by atoms with van der Waals surface area (Å²) in [6, 6.07) is 3.28. The van der Waals surface area contributed by atoms with Crippen molar-refractivity contribution < 1.29 is 8.42 Å². The lowest BCUT2D eigenvalue weighted by molar-refractivity contribution is 0.393. The second-order valence-corrected chi connectivity index (χ2v) is 6.75. The van der Waals surface area contributed by atoms with Crippen molar-refractivity contribution in [2.24, 2.45) is 5.92 Å². The van der Waals surface area contributed by atoms with Crippen LogP contribution in [-0.4, -0.2) is 37.8 Å². The van der Waals surface area contributed by atoms with Crippen molar-refractivity contribution in [1.82, 2.24) is 9.29 Å². The molecule has 1 rings (SSSR count). The van der Waals surface area contributed by atoms with E-state index in [1.807, 2.05) is 13.8 Å². The van der Waals surface area contributed by atoms with E-state index in [0.29, 0.717) is 18.3 Å². The minimum absolute atomic E-state index is 0.236. The van der Waals surface area contributed by atoms with Crippen LogP contribution >= 0.6 is 0 Å². The van der Waals surface area contributed by atoms with E-state index in [-0.39, 0.29) is 4.90 Å². The van der Waals surface area contributed by atoms with Gasteiger partial charge in [-0.05, 0) is 25.0 Å². The van der Waals surface area contributed by atoms with Gasteiger partial charge >= 0.3 is 0 Å². The van der Waals surface area contributed by atoms with Crippen molar-refractivity contribution in [1.29, 1.82) is 0 Å². The average molecular weight is 285 g/mol. The molecule has 0 radical (unpaired) electrons. The second kappa shape index (κ2) is 6.86. The number of nitrogens with zero attached hydrogens (tertiary/aromatic N) is 2. The first-order valence-electron chi connectivity index (χ1n) is 6.58. The summed E-state index contributed by atoms with van der Waals surface area (Å²) in [5.74, 6) is 1.03. The first-order valence-corrected chi connectivity index (χ1v) is 8.02. The van der Waals surface area contributed by atoms with Gasteiger partial charge in [0.1, 0.15) is 10.7 Å². The van der Waals surface area contributed by atoms with Crippen LogP contribution in [0.4, 0.5) is 5.82 Å². The molecule has 0 amide bonds. The fourth-order valence-electron chi connectivity index (χ4n) is 1.66. The number of pyridine rings is 1.